The maximum atomic E-state index is 13.1. The highest BCUT2D eigenvalue weighted by Crippen LogP contribution is 2.31. The van der Waals surface area contributed by atoms with Crippen molar-refractivity contribution in [2.45, 2.75) is 13.8 Å². The van der Waals surface area contributed by atoms with Crippen LogP contribution in [-0.2, 0) is 9.59 Å². The van der Waals surface area contributed by atoms with E-state index in [1.165, 1.54) is 4.90 Å². The van der Waals surface area contributed by atoms with E-state index in [1.54, 1.807) is 24.3 Å². The van der Waals surface area contributed by atoms with Crippen molar-refractivity contribution in [3.63, 3.8) is 0 Å². The average Bonchev–Trinajstić information content (AvgIpc) is 2.96. The van der Waals surface area contributed by atoms with Gasteiger partial charge >= 0.3 is 0 Å². The predicted octanol–water partition coefficient (Wildman–Crippen LogP) is 5.06. The number of nitrogens with one attached hydrogen (secondary N) is 1. The van der Waals surface area contributed by atoms with Gasteiger partial charge in [0, 0.05) is 16.3 Å². The van der Waals surface area contributed by atoms with E-state index >= 15 is 0 Å². The Morgan fingerprint density at radius 3 is 2.60 bits per heavy atom. The van der Waals surface area contributed by atoms with Crippen molar-refractivity contribution in [3.05, 3.63) is 88.4 Å². The third-order valence-electron chi connectivity index (χ3n) is 4.90. The summed E-state index contributed by atoms with van der Waals surface area (Å²) in [6.07, 6.45) is 0. The van der Waals surface area contributed by atoms with Crippen LogP contribution in [-0.4, -0.2) is 24.1 Å². The van der Waals surface area contributed by atoms with Crippen molar-refractivity contribution < 1.29 is 9.59 Å². The van der Waals surface area contributed by atoms with E-state index in [2.05, 4.69) is 10.3 Å². The lowest BCUT2D eigenvalue weighted by Gasteiger charge is -2.17. The Hall–Kier alpha value is -3.44. The van der Waals surface area contributed by atoms with Gasteiger partial charge in [0.05, 0.1) is 11.4 Å². The second-order valence-electron chi connectivity index (χ2n) is 7.22. The minimum Gasteiger partial charge on any atom is -0.324 e. The number of amides is 2. The number of benzene rings is 3. The average molecular weight is 418 g/mol. The second-order valence-corrected chi connectivity index (χ2v) is 7.65. The lowest BCUT2D eigenvalue weighted by atomic mass is 10.1. The van der Waals surface area contributed by atoms with Crippen molar-refractivity contribution in [3.8, 4) is 0 Å². The highest BCUT2D eigenvalue weighted by atomic mass is 35.5. The van der Waals surface area contributed by atoms with E-state index in [0.717, 1.165) is 16.8 Å². The van der Waals surface area contributed by atoms with Crippen LogP contribution in [0.4, 0.5) is 17.1 Å². The summed E-state index contributed by atoms with van der Waals surface area (Å²) >= 11 is 6.05. The Bertz CT molecular complexity index is 1190. The molecule has 1 N–H and O–H groups in total. The van der Waals surface area contributed by atoms with Crippen LogP contribution in [0.3, 0.4) is 0 Å². The molecule has 0 aliphatic carbocycles. The zero-order valence-electron chi connectivity index (χ0n) is 16.6. The number of aliphatic imine (C=N–C) groups is 1. The van der Waals surface area contributed by atoms with Crippen molar-refractivity contribution >= 4 is 46.2 Å². The number of anilines is 2. The van der Waals surface area contributed by atoms with Crippen LogP contribution in [0, 0.1) is 13.8 Å². The molecule has 0 saturated heterocycles. The molecule has 30 heavy (non-hydrogen) atoms. The van der Waals surface area contributed by atoms with Crippen LogP contribution in [0.2, 0.25) is 5.02 Å². The standard InChI is InChI=1S/C24H20ClN3O2/c1-15-10-11-20(16(2)12-15)27-22(29)14-28-21-9-4-3-8-19(21)23(24(28)30)26-18-7-5-6-17(25)13-18/h3-13H,14H2,1-2H3,(H,27,29). The maximum absolute atomic E-state index is 13.1. The van der Waals surface area contributed by atoms with Crippen LogP contribution < -0.4 is 10.2 Å². The van der Waals surface area contributed by atoms with Crippen LogP contribution >= 0.6 is 11.6 Å². The molecule has 0 unspecified atom stereocenters. The number of hydrogen-bond donors (Lipinski definition) is 1. The zero-order valence-corrected chi connectivity index (χ0v) is 17.4. The Kier molecular flexibility index (Phi) is 5.38. The molecule has 3 aromatic carbocycles. The Morgan fingerprint density at radius 2 is 1.83 bits per heavy atom. The second kappa shape index (κ2) is 8.13. The molecular formula is C24H20ClN3O2. The molecule has 0 bridgehead atoms. The van der Waals surface area contributed by atoms with Gasteiger partial charge in [-0.25, -0.2) is 4.99 Å². The molecule has 150 valence electrons. The molecular weight excluding hydrogens is 398 g/mol. The monoisotopic (exact) mass is 417 g/mol. The maximum Gasteiger partial charge on any atom is 0.278 e. The molecule has 2 amide bonds. The number of aryl methyl sites for hydroxylation is 2. The van der Waals surface area contributed by atoms with E-state index in [1.807, 2.05) is 56.3 Å². The molecule has 5 nitrogen and oxygen atoms in total. The molecule has 0 fully saturated rings. The number of hydrogen-bond acceptors (Lipinski definition) is 3. The zero-order chi connectivity index (χ0) is 21.3. The van der Waals surface area contributed by atoms with Crippen molar-refractivity contribution in [1.82, 2.24) is 0 Å². The fourth-order valence-corrected chi connectivity index (χ4v) is 3.67. The molecule has 0 aromatic heterocycles. The fourth-order valence-electron chi connectivity index (χ4n) is 3.49. The number of halogens is 1. The molecule has 0 spiro atoms. The Morgan fingerprint density at radius 1 is 1.03 bits per heavy atom. The summed E-state index contributed by atoms with van der Waals surface area (Å²) < 4.78 is 0. The van der Waals surface area contributed by atoms with Gasteiger partial charge in [-0.3, -0.25) is 14.5 Å². The Labute approximate surface area is 180 Å². The summed E-state index contributed by atoms with van der Waals surface area (Å²) in [6, 6.07) is 20.1. The molecule has 1 aliphatic rings. The van der Waals surface area contributed by atoms with Gasteiger partial charge < -0.3 is 5.32 Å². The first-order chi connectivity index (χ1) is 14.4. The summed E-state index contributed by atoms with van der Waals surface area (Å²) in [5.41, 5.74) is 5.07. The largest absolute Gasteiger partial charge is 0.324 e. The molecule has 0 atom stereocenters. The summed E-state index contributed by atoms with van der Waals surface area (Å²) in [7, 11) is 0. The number of fused-ring (bicyclic) bond motifs is 1. The molecule has 1 heterocycles. The third kappa shape index (κ3) is 3.98. The quantitative estimate of drug-likeness (QED) is 0.644. The van der Waals surface area contributed by atoms with Crippen molar-refractivity contribution in [2.75, 3.05) is 16.8 Å². The first kappa shape index (κ1) is 19.9. The summed E-state index contributed by atoms with van der Waals surface area (Å²) in [5.74, 6) is -0.582. The van der Waals surface area contributed by atoms with E-state index in [9.17, 15) is 9.59 Å². The lowest BCUT2D eigenvalue weighted by molar-refractivity contribution is -0.118. The van der Waals surface area contributed by atoms with Gasteiger partial charge in [-0.1, -0.05) is 53.6 Å². The summed E-state index contributed by atoms with van der Waals surface area (Å²) in [5, 5.41) is 3.44. The van der Waals surface area contributed by atoms with E-state index in [-0.39, 0.29) is 18.4 Å². The minimum atomic E-state index is -0.313. The molecule has 0 radical (unpaired) electrons. The van der Waals surface area contributed by atoms with Crippen molar-refractivity contribution in [2.24, 2.45) is 4.99 Å². The fraction of sp³-hybridized carbons (Fsp3) is 0.125. The molecule has 3 aromatic rings. The first-order valence-corrected chi connectivity index (χ1v) is 9.93. The number of nitrogens with zero attached hydrogens (tertiary/aromatic N) is 2. The smallest absolute Gasteiger partial charge is 0.278 e. The van der Waals surface area contributed by atoms with Gasteiger partial charge in [0.25, 0.3) is 5.91 Å². The number of carbonyl (C=O) groups is 2. The van der Waals surface area contributed by atoms with E-state index in [4.69, 9.17) is 11.6 Å². The van der Waals surface area contributed by atoms with Crippen LogP contribution in [0.5, 0.6) is 0 Å². The normalized spacial score (nSPS) is 14.2. The summed E-state index contributed by atoms with van der Waals surface area (Å²) in [6.45, 7) is 3.84. The minimum absolute atomic E-state index is 0.0995. The molecule has 4 rings (SSSR count). The van der Waals surface area contributed by atoms with Gasteiger partial charge in [-0.05, 0) is 49.7 Å². The van der Waals surface area contributed by atoms with Gasteiger partial charge in [0.15, 0.2) is 0 Å². The van der Waals surface area contributed by atoms with Crippen molar-refractivity contribution in [1.29, 1.82) is 0 Å². The van der Waals surface area contributed by atoms with Gasteiger partial charge in [-0.2, -0.15) is 0 Å². The Balaban J connectivity index is 1.61. The topological polar surface area (TPSA) is 61.8 Å². The third-order valence-corrected chi connectivity index (χ3v) is 5.14. The predicted molar refractivity (Wildman–Crippen MR) is 121 cm³/mol. The highest BCUT2D eigenvalue weighted by Gasteiger charge is 2.34. The molecule has 1 aliphatic heterocycles. The lowest BCUT2D eigenvalue weighted by Crippen LogP contribution is -2.37. The van der Waals surface area contributed by atoms with Gasteiger partial charge in [-0.15, -0.1) is 0 Å². The summed E-state index contributed by atoms with van der Waals surface area (Å²) in [4.78, 5) is 31.8. The van der Waals surface area contributed by atoms with Gasteiger partial charge in [0.2, 0.25) is 5.91 Å². The molecule has 0 saturated carbocycles. The number of rotatable bonds is 4. The van der Waals surface area contributed by atoms with E-state index in [0.29, 0.717) is 27.7 Å². The first-order valence-electron chi connectivity index (χ1n) is 9.55. The number of carbonyl (C=O) groups excluding carboxylic acids is 2. The molecule has 6 heteroatoms. The van der Waals surface area contributed by atoms with Crippen LogP contribution in [0.25, 0.3) is 0 Å². The van der Waals surface area contributed by atoms with Gasteiger partial charge in [0.1, 0.15) is 12.3 Å². The highest BCUT2D eigenvalue weighted by molar-refractivity contribution is 6.55. The van der Waals surface area contributed by atoms with Crippen LogP contribution in [0.1, 0.15) is 16.7 Å². The van der Waals surface area contributed by atoms with Crippen LogP contribution in [0.15, 0.2) is 71.7 Å². The SMILES string of the molecule is Cc1ccc(NC(=O)CN2C(=O)C(=Nc3cccc(Cl)c3)c3ccccc32)c(C)c1. The van der Waals surface area contributed by atoms with E-state index < -0.39 is 0 Å². The number of para-hydroxylation sites is 1.